The lowest BCUT2D eigenvalue weighted by atomic mass is 9.84. The van der Waals surface area contributed by atoms with Gasteiger partial charge in [-0.1, -0.05) is 18.2 Å². The largest absolute Gasteiger partial charge is 0.417 e. The predicted molar refractivity (Wildman–Crippen MR) is 68.4 cm³/mol. The van der Waals surface area contributed by atoms with E-state index in [1.165, 1.54) is 18.2 Å². The number of rotatable bonds is 2. The van der Waals surface area contributed by atoms with Crippen LogP contribution in [0.25, 0.3) is 0 Å². The molecule has 2 nitrogen and oxygen atoms in total. The highest BCUT2D eigenvalue weighted by Gasteiger charge is 2.40. The highest BCUT2D eigenvalue weighted by molar-refractivity contribution is 5.99. The molecule has 2 heterocycles. The van der Waals surface area contributed by atoms with E-state index in [0.29, 0.717) is 24.9 Å². The number of carbonyl (C=O) groups excluding carboxylic acids is 1. The number of nitrogens with one attached hydrogen (secondary N) is 1. The van der Waals surface area contributed by atoms with Crippen LogP contribution in [0.15, 0.2) is 24.3 Å². The van der Waals surface area contributed by atoms with Crippen LogP contribution in [0.5, 0.6) is 0 Å². The second kappa shape index (κ2) is 4.88. The Hall–Kier alpha value is -1.36. The SMILES string of the molecule is O=C(c1ccccc1C(F)(F)F)C1CC2CCC(C1)N2. The summed E-state index contributed by atoms with van der Waals surface area (Å²) in [5.41, 5.74) is -0.984. The number of halogens is 3. The van der Waals surface area contributed by atoms with Crippen molar-refractivity contribution in [1.29, 1.82) is 0 Å². The van der Waals surface area contributed by atoms with E-state index in [-0.39, 0.29) is 17.3 Å². The number of carbonyl (C=O) groups is 1. The van der Waals surface area contributed by atoms with E-state index in [2.05, 4.69) is 5.32 Å². The smallest absolute Gasteiger partial charge is 0.311 e. The summed E-state index contributed by atoms with van der Waals surface area (Å²) in [4.78, 5) is 12.5. The normalized spacial score (nSPS) is 29.4. The molecule has 2 atom stereocenters. The van der Waals surface area contributed by atoms with Gasteiger partial charge < -0.3 is 5.32 Å². The van der Waals surface area contributed by atoms with Crippen molar-refractivity contribution in [2.24, 2.45) is 5.92 Å². The number of benzene rings is 1. The molecular weight excluding hydrogens is 267 g/mol. The Kier molecular flexibility index (Phi) is 3.32. The summed E-state index contributed by atoms with van der Waals surface area (Å²) < 4.78 is 38.9. The molecule has 2 aliphatic heterocycles. The summed E-state index contributed by atoms with van der Waals surface area (Å²) in [7, 11) is 0. The van der Waals surface area contributed by atoms with E-state index in [9.17, 15) is 18.0 Å². The minimum Gasteiger partial charge on any atom is -0.311 e. The van der Waals surface area contributed by atoms with Crippen molar-refractivity contribution in [3.63, 3.8) is 0 Å². The highest BCUT2D eigenvalue weighted by Crippen LogP contribution is 2.37. The molecule has 0 radical (unpaired) electrons. The zero-order valence-electron chi connectivity index (χ0n) is 10.9. The maximum Gasteiger partial charge on any atom is 0.417 e. The van der Waals surface area contributed by atoms with Crippen LogP contribution in [0, 0.1) is 5.92 Å². The average Bonchev–Trinajstić information content (AvgIpc) is 2.75. The first-order chi connectivity index (χ1) is 9.45. The molecule has 0 aromatic heterocycles. The number of hydrogen-bond donors (Lipinski definition) is 1. The molecule has 0 saturated carbocycles. The second-order valence-corrected chi connectivity index (χ2v) is 5.71. The van der Waals surface area contributed by atoms with Crippen LogP contribution in [0.2, 0.25) is 0 Å². The number of alkyl halides is 3. The third kappa shape index (κ3) is 2.46. The molecule has 1 N–H and O–H groups in total. The number of piperidine rings is 1. The minimum absolute atomic E-state index is 0.175. The molecule has 2 fully saturated rings. The van der Waals surface area contributed by atoms with Gasteiger partial charge >= 0.3 is 6.18 Å². The van der Waals surface area contributed by atoms with E-state index in [0.717, 1.165) is 18.9 Å². The standard InChI is InChI=1S/C15H16F3NO/c16-15(17,18)13-4-2-1-3-12(13)14(20)9-7-10-5-6-11(8-9)19-10/h1-4,9-11,19H,5-8H2. The number of ketones is 1. The summed E-state index contributed by atoms with van der Waals surface area (Å²) in [6, 6.07) is 5.70. The first-order valence-corrected chi connectivity index (χ1v) is 6.91. The molecule has 0 amide bonds. The van der Waals surface area contributed by atoms with Gasteiger partial charge in [-0.25, -0.2) is 0 Å². The Morgan fingerprint density at radius 1 is 1.10 bits per heavy atom. The fourth-order valence-corrected chi connectivity index (χ4v) is 3.44. The van der Waals surface area contributed by atoms with Crippen LogP contribution in [0.1, 0.15) is 41.6 Å². The Bertz CT molecular complexity index is 514. The molecule has 2 bridgehead atoms. The zero-order chi connectivity index (χ0) is 14.3. The van der Waals surface area contributed by atoms with Crippen LogP contribution in [0.3, 0.4) is 0 Å². The summed E-state index contributed by atoms with van der Waals surface area (Å²) in [5, 5.41) is 3.40. The topological polar surface area (TPSA) is 29.1 Å². The van der Waals surface area contributed by atoms with Crippen molar-refractivity contribution >= 4 is 5.78 Å². The first kappa shape index (κ1) is 13.6. The molecule has 2 unspecified atom stereocenters. The lowest BCUT2D eigenvalue weighted by Gasteiger charge is -2.28. The van der Waals surface area contributed by atoms with Crippen LogP contribution < -0.4 is 5.32 Å². The minimum atomic E-state index is -4.47. The van der Waals surface area contributed by atoms with Crippen molar-refractivity contribution < 1.29 is 18.0 Å². The van der Waals surface area contributed by atoms with E-state index in [4.69, 9.17) is 0 Å². The molecule has 0 aliphatic carbocycles. The molecule has 2 saturated heterocycles. The van der Waals surface area contributed by atoms with E-state index in [1.807, 2.05) is 0 Å². The Labute approximate surface area is 115 Å². The van der Waals surface area contributed by atoms with Crippen molar-refractivity contribution in [2.75, 3.05) is 0 Å². The van der Waals surface area contributed by atoms with Gasteiger partial charge in [-0.05, 0) is 31.7 Å². The second-order valence-electron chi connectivity index (χ2n) is 5.71. The average molecular weight is 283 g/mol. The monoisotopic (exact) mass is 283 g/mol. The fourth-order valence-electron chi connectivity index (χ4n) is 3.44. The summed E-state index contributed by atoms with van der Waals surface area (Å²) >= 11 is 0. The molecular formula is C15H16F3NO. The molecule has 3 rings (SSSR count). The fraction of sp³-hybridized carbons (Fsp3) is 0.533. The Morgan fingerprint density at radius 3 is 2.30 bits per heavy atom. The summed E-state index contributed by atoms with van der Waals surface area (Å²) in [6.07, 6.45) is -1.12. The molecule has 2 aliphatic rings. The molecule has 20 heavy (non-hydrogen) atoms. The highest BCUT2D eigenvalue weighted by atomic mass is 19.4. The van der Waals surface area contributed by atoms with Gasteiger partial charge in [0.25, 0.3) is 0 Å². The molecule has 1 aromatic carbocycles. The zero-order valence-corrected chi connectivity index (χ0v) is 10.9. The van der Waals surface area contributed by atoms with Gasteiger partial charge in [0.1, 0.15) is 0 Å². The van der Waals surface area contributed by atoms with E-state index < -0.39 is 11.7 Å². The van der Waals surface area contributed by atoms with E-state index >= 15 is 0 Å². The number of fused-ring (bicyclic) bond motifs is 2. The number of Topliss-reactive ketones (excluding diaryl/α,β-unsaturated/α-hetero) is 1. The van der Waals surface area contributed by atoms with Gasteiger partial charge in [-0.3, -0.25) is 4.79 Å². The maximum atomic E-state index is 13.0. The Morgan fingerprint density at radius 2 is 1.70 bits per heavy atom. The molecule has 0 spiro atoms. The van der Waals surface area contributed by atoms with Crippen LogP contribution >= 0.6 is 0 Å². The number of hydrogen-bond acceptors (Lipinski definition) is 2. The van der Waals surface area contributed by atoms with Crippen molar-refractivity contribution in [2.45, 2.75) is 43.9 Å². The maximum absolute atomic E-state index is 13.0. The van der Waals surface area contributed by atoms with Gasteiger partial charge in [0.15, 0.2) is 5.78 Å². The third-order valence-corrected chi connectivity index (χ3v) is 4.34. The van der Waals surface area contributed by atoms with Gasteiger partial charge in [0.05, 0.1) is 5.56 Å². The quantitative estimate of drug-likeness (QED) is 0.843. The van der Waals surface area contributed by atoms with Gasteiger partial charge in [-0.15, -0.1) is 0 Å². The molecule has 108 valence electrons. The summed E-state index contributed by atoms with van der Waals surface area (Å²) in [5.74, 6) is -0.631. The van der Waals surface area contributed by atoms with Crippen molar-refractivity contribution in [3.8, 4) is 0 Å². The molecule has 5 heteroatoms. The van der Waals surface area contributed by atoms with Crippen molar-refractivity contribution in [1.82, 2.24) is 5.32 Å². The lowest BCUT2D eigenvalue weighted by Crippen LogP contribution is -2.40. The Balaban J connectivity index is 1.88. The van der Waals surface area contributed by atoms with Crippen LogP contribution in [-0.2, 0) is 6.18 Å². The van der Waals surface area contributed by atoms with Crippen LogP contribution in [-0.4, -0.2) is 17.9 Å². The lowest BCUT2D eigenvalue weighted by molar-refractivity contribution is -0.137. The van der Waals surface area contributed by atoms with Crippen LogP contribution in [0.4, 0.5) is 13.2 Å². The predicted octanol–water partition coefficient (Wildman–Crippen LogP) is 3.42. The molecule has 1 aromatic rings. The third-order valence-electron chi connectivity index (χ3n) is 4.34. The van der Waals surface area contributed by atoms with Gasteiger partial charge in [0.2, 0.25) is 0 Å². The van der Waals surface area contributed by atoms with E-state index in [1.54, 1.807) is 0 Å². The summed E-state index contributed by atoms with van der Waals surface area (Å²) in [6.45, 7) is 0. The first-order valence-electron chi connectivity index (χ1n) is 6.91. The van der Waals surface area contributed by atoms with Gasteiger partial charge in [-0.2, -0.15) is 13.2 Å². The van der Waals surface area contributed by atoms with Gasteiger partial charge in [0, 0.05) is 23.6 Å². The van der Waals surface area contributed by atoms with Crippen molar-refractivity contribution in [3.05, 3.63) is 35.4 Å².